The van der Waals surface area contributed by atoms with Crippen LogP contribution < -0.4 is 4.72 Å². The molecule has 4 nitrogen and oxygen atoms in total. The number of halogens is 1. The Morgan fingerprint density at radius 1 is 1.08 bits per heavy atom. The molecule has 0 aliphatic heterocycles. The molecule has 0 aliphatic rings. The monoisotopic (exact) mass is 361 g/mol. The van der Waals surface area contributed by atoms with Crippen molar-refractivity contribution in [3.8, 4) is 5.75 Å². The fourth-order valence-electron chi connectivity index (χ4n) is 2.66. The van der Waals surface area contributed by atoms with Gasteiger partial charge in [-0.2, -0.15) is 0 Å². The molecule has 2 N–H and O–H groups in total. The van der Waals surface area contributed by atoms with Crippen molar-refractivity contribution < 1.29 is 13.5 Å². The van der Waals surface area contributed by atoms with Gasteiger partial charge in [-0.3, -0.25) is 4.72 Å². The maximum atomic E-state index is 12.9. The largest absolute Gasteiger partial charge is 0.508 e. The van der Waals surface area contributed by atoms with E-state index in [9.17, 15) is 13.5 Å². The molecule has 0 aliphatic carbocycles. The summed E-state index contributed by atoms with van der Waals surface area (Å²) in [5.41, 5.74) is 1.13. The fraction of sp³-hybridized carbons (Fsp3) is 0.111. The molecule has 0 amide bonds. The lowest BCUT2D eigenvalue weighted by atomic mass is 10.1. The molecule has 0 saturated carbocycles. The van der Waals surface area contributed by atoms with Gasteiger partial charge < -0.3 is 5.11 Å². The zero-order chi connectivity index (χ0) is 17.3. The molecule has 3 rings (SSSR count). The Balaban J connectivity index is 2.14. The number of anilines is 1. The number of hydrogen-bond acceptors (Lipinski definition) is 3. The minimum atomic E-state index is -3.88. The zero-order valence-electron chi connectivity index (χ0n) is 13.0. The van der Waals surface area contributed by atoms with Crippen molar-refractivity contribution in [2.45, 2.75) is 18.2 Å². The van der Waals surface area contributed by atoms with Gasteiger partial charge in [0.2, 0.25) is 0 Å². The van der Waals surface area contributed by atoms with Gasteiger partial charge in [0, 0.05) is 5.39 Å². The van der Waals surface area contributed by atoms with E-state index in [-0.39, 0.29) is 15.7 Å². The molecule has 0 unspecified atom stereocenters. The first kappa shape index (κ1) is 16.6. The van der Waals surface area contributed by atoms with E-state index in [0.717, 1.165) is 5.39 Å². The highest BCUT2D eigenvalue weighted by atomic mass is 35.5. The van der Waals surface area contributed by atoms with Gasteiger partial charge >= 0.3 is 0 Å². The Bertz CT molecular complexity index is 1020. The molecule has 0 saturated heterocycles. The van der Waals surface area contributed by atoms with Crippen molar-refractivity contribution in [1.82, 2.24) is 0 Å². The van der Waals surface area contributed by atoms with Crippen LogP contribution in [0.25, 0.3) is 10.8 Å². The number of phenolic OH excluding ortho intramolecular Hbond substituents is 1. The van der Waals surface area contributed by atoms with Gasteiger partial charge in [-0.15, -0.1) is 0 Å². The Labute approximate surface area is 145 Å². The average Bonchev–Trinajstić information content (AvgIpc) is 2.55. The van der Waals surface area contributed by atoms with Crippen LogP contribution in [0, 0.1) is 0 Å². The number of rotatable bonds is 4. The van der Waals surface area contributed by atoms with Crippen molar-refractivity contribution in [2.24, 2.45) is 0 Å². The molecule has 0 bridgehead atoms. The SMILES string of the molecule is CCc1cc(O)ccc1NS(=O)(=O)c1c(Cl)ccc2ccccc12. The highest BCUT2D eigenvalue weighted by Gasteiger charge is 2.22. The van der Waals surface area contributed by atoms with Gasteiger partial charge in [-0.25, -0.2) is 8.42 Å². The second kappa shape index (κ2) is 6.34. The number of aromatic hydroxyl groups is 1. The molecular formula is C18H16ClNO3S. The summed E-state index contributed by atoms with van der Waals surface area (Å²) in [6, 6.07) is 15.1. The van der Waals surface area contributed by atoms with E-state index in [1.165, 1.54) is 6.07 Å². The molecule has 3 aromatic carbocycles. The van der Waals surface area contributed by atoms with Crippen LogP contribution in [0.2, 0.25) is 5.02 Å². The smallest absolute Gasteiger partial charge is 0.264 e. The third kappa shape index (κ3) is 3.05. The van der Waals surface area contributed by atoms with Crippen molar-refractivity contribution >= 4 is 38.1 Å². The van der Waals surface area contributed by atoms with E-state index in [4.69, 9.17) is 11.6 Å². The predicted octanol–water partition coefficient (Wildman–Crippen LogP) is 4.56. The molecule has 0 spiro atoms. The molecular weight excluding hydrogens is 346 g/mol. The van der Waals surface area contributed by atoms with Crippen molar-refractivity contribution in [3.63, 3.8) is 0 Å². The van der Waals surface area contributed by atoms with Crippen molar-refractivity contribution in [1.29, 1.82) is 0 Å². The number of nitrogens with one attached hydrogen (secondary N) is 1. The average molecular weight is 362 g/mol. The molecule has 0 aromatic heterocycles. The Kier molecular flexibility index (Phi) is 4.39. The van der Waals surface area contributed by atoms with Crippen LogP contribution in [-0.4, -0.2) is 13.5 Å². The molecule has 0 heterocycles. The Hall–Kier alpha value is -2.24. The number of benzene rings is 3. The van der Waals surface area contributed by atoms with Crippen LogP contribution in [0.3, 0.4) is 0 Å². The second-order valence-corrected chi connectivity index (χ2v) is 7.42. The summed E-state index contributed by atoms with van der Waals surface area (Å²) in [6.07, 6.45) is 0.579. The highest BCUT2D eigenvalue weighted by molar-refractivity contribution is 7.93. The summed E-state index contributed by atoms with van der Waals surface area (Å²) >= 11 is 6.19. The van der Waals surface area contributed by atoms with Crippen LogP contribution >= 0.6 is 11.6 Å². The lowest BCUT2D eigenvalue weighted by Crippen LogP contribution is -2.15. The van der Waals surface area contributed by atoms with Gasteiger partial charge in [0.25, 0.3) is 10.0 Å². The lowest BCUT2D eigenvalue weighted by Gasteiger charge is -2.14. The standard InChI is InChI=1S/C18H16ClNO3S/c1-2-12-11-14(21)8-10-17(12)20-24(22,23)18-15-6-4-3-5-13(15)7-9-16(18)19/h3-11,20-21H,2H2,1H3. The van der Waals surface area contributed by atoms with Gasteiger partial charge in [0.05, 0.1) is 10.7 Å². The van der Waals surface area contributed by atoms with Crippen LogP contribution in [0.4, 0.5) is 5.69 Å². The van der Waals surface area contributed by atoms with E-state index in [2.05, 4.69) is 4.72 Å². The normalized spacial score (nSPS) is 11.6. The first-order valence-corrected chi connectivity index (χ1v) is 9.30. The van der Waals surface area contributed by atoms with Crippen LogP contribution in [-0.2, 0) is 16.4 Å². The number of phenols is 1. The molecule has 24 heavy (non-hydrogen) atoms. The molecule has 0 radical (unpaired) electrons. The third-order valence-corrected chi connectivity index (χ3v) is 5.71. The number of aryl methyl sites for hydroxylation is 1. The lowest BCUT2D eigenvalue weighted by molar-refractivity contribution is 0.474. The predicted molar refractivity (Wildman–Crippen MR) is 97.3 cm³/mol. The van der Waals surface area contributed by atoms with Crippen LogP contribution in [0.15, 0.2) is 59.5 Å². The van der Waals surface area contributed by atoms with E-state index >= 15 is 0 Å². The first-order chi connectivity index (χ1) is 11.4. The highest BCUT2D eigenvalue weighted by Crippen LogP contribution is 2.32. The van der Waals surface area contributed by atoms with Gasteiger partial charge in [-0.05, 0) is 41.6 Å². The van der Waals surface area contributed by atoms with Crippen molar-refractivity contribution in [2.75, 3.05) is 4.72 Å². The Morgan fingerprint density at radius 3 is 2.58 bits per heavy atom. The zero-order valence-corrected chi connectivity index (χ0v) is 14.5. The minimum Gasteiger partial charge on any atom is -0.508 e. The number of sulfonamides is 1. The fourth-order valence-corrected chi connectivity index (χ4v) is 4.52. The van der Waals surface area contributed by atoms with Crippen LogP contribution in [0.1, 0.15) is 12.5 Å². The molecule has 0 atom stereocenters. The molecule has 3 aromatic rings. The maximum absolute atomic E-state index is 12.9. The van der Waals surface area contributed by atoms with E-state index in [1.807, 2.05) is 19.1 Å². The summed E-state index contributed by atoms with van der Waals surface area (Å²) in [5.74, 6) is 0.0954. The number of hydrogen-bond donors (Lipinski definition) is 2. The first-order valence-electron chi connectivity index (χ1n) is 7.44. The topological polar surface area (TPSA) is 66.4 Å². The number of fused-ring (bicyclic) bond motifs is 1. The molecule has 0 fully saturated rings. The summed E-state index contributed by atoms with van der Waals surface area (Å²) in [5, 5.41) is 11.1. The van der Waals surface area contributed by atoms with E-state index in [1.54, 1.807) is 36.4 Å². The van der Waals surface area contributed by atoms with E-state index in [0.29, 0.717) is 23.1 Å². The Morgan fingerprint density at radius 2 is 1.83 bits per heavy atom. The summed E-state index contributed by atoms with van der Waals surface area (Å²) in [4.78, 5) is 0.0531. The van der Waals surface area contributed by atoms with Crippen molar-refractivity contribution in [3.05, 3.63) is 65.2 Å². The quantitative estimate of drug-likeness (QED) is 0.669. The minimum absolute atomic E-state index is 0.0531. The molecule has 6 heteroatoms. The molecule has 124 valence electrons. The third-order valence-electron chi connectivity index (χ3n) is 3.81. The van der Waals surface area contributed by atoms with Crippen LogP contribution in [0.5, 0.6) is 5.75 Å². The maximum Gasteiger partial charge on any atom is 0.264 e. The summed E-state index contributed by atoms with van der Waals surface area (Å²) in [6.45, 7) is 1.89. The van der Waals surface area contributed by atoms with Gasteiger partial charge in [0.15, 0.2) is 0 Å². The second-order valence-electron chi connectivity index (χ2n) is 5.40. The van der Waals surface area contributed by atoms with E-state index < -0.39 is 10.0 Å². The van der Waals surface area contributed by atoms with Gasteiger partial charge in [0.1, 0.15) is 10.6 Å². The van der Waals surface area contributed by atoms with Gasteiger partial charge in [-0.1, -0.05) is 48.9 Å². The summed E-state index contributed by atoms with van der Waals surface area (Å²) < 4.78 is 28.5. The summed E-state index contributed by atoms with van der Waals surface area (Å²) in [7, 11) is -3.88.